The molecule has 0 saturated carbocycles. The number of nitrogens with zero attached hydrogens (tertiary/aromatic N) is 1. The number of hydrogen-bond donors (Lipinski definition) is 1. The first-order chi connectivity index (χ1) is 17.0. The minimum absolute atomic E-state index is 0.172. The van der Waals surface area contributed by atoms with Crippen LogP contribution < -0.4 is 9.47 Å². The van der Waals surface area contributed by atoms with E-state index in [1.54, 1.807) is 12.1 Å². The van der Waals surface area contributed by atoms with Gasteiger partial charge in [-0.25, -0.2) is 0 Å². The Bertz CT molecular complexity index is 1210. The van der Waals surface area contributed by atoms with Crippen molar-refractivity contribution in [2.75, 3.05) is 32.9 Å². The van der Waals surface area contributed by atoms with Gasteiger partial charge in [-0.3, -0.25) is 9.29 Å². The van der Waals surface area contributed by atoms with Crippen molar-refractivity contribution in [2.45, 2.75) is 19.4 Å². The number of likely N-dealkylation sites (tertiary alicyclic amines) is 1. The highest BCUT2D eigenvalue weighted by Crippen LogP contribution is 2.47. The molecule has 1 N–H and O–H groups in total. The maximum Gasteiger partial charge on any atom is 0.150 e. The van der Waals surface area contributed by atoms with Crippen LogP contribution in [0.4, 0.5) is 4.39 Å². The molecular formula is C29H29ClFNO3. The predicted octanol–water partition coefficient (Wildman–Crippen LogP) is 6.78. The number of allylic oxidation sites excluding steroid dienone is 1. The van der Waals surface area contributed by atoms with Gasteiger partial charge in [0, 0.05) is 35.2 Å². The van der Waals surface area contributed by atoms with Gasteiger partial charge >= 0.3 is 0 Å². The molecule has 3 aromatic rings. The summed E-state index contributed by atoms with van der Waals surface area (Å²) < 4.78 is 25.3. The van der Waals surface area contributed by atoms with Crippen LogP contribution in [-0.4, -0.2) is 42.9 Å². The first-order valence-electron chi connectivity index (χ1n) is 12.0. The summed E-state index contributed by atoms with van der Waals surface area (Å²) in [5.74, 6) is 1.91. The van der Waals surface area contributed by atoms with E-state index in [0.717, 1.165) is 65.4 Å². The largest absolute Gasteiger partial charge is 0.508 e. The van der Waals surface area contributed by atoms with E-state index in [1.807, 2.05) is 54.6 Å². The van der Waals surface area contributed by atoms with E-state index >= 15 is 0 Å². The van der Waals surface area contributed by atoms with Crippen molar-refractivity contribution in [3.63, 3.8) is 0 Å². The number of phenols is 1. The summed E-state index contributed by atoms with van der Waals surface area (Å²) in [4.78, 5) is 2.26. The minimum atomic E-state index is -0.315. The molecule has 0 aliphatic carbocycles. The van der Waals surface area contributed by atoms with E-state index in [9.17, 15) is 9.50 Å². The highest BCUT2D eigenvalue weighted by Gasteiger charge is 2.29. The predicted molar refractivity (Wildman–Crippen MR) is 138 cm³/mol. The van der Waals surface area contributed by atoms with Crippen LogP contribution in [0.3, 0.4) is 0 Å². The number of ether oxygens (including phenoxy) is 2. The molecule has 0 aromatic heterocycles. The van der Waals surface area contributed by atoms with Crippen molar-refractivity contribution < 1.29 is 19.0 Å². The lowest BCUT2D eigenvalue weighted by molar-refractivity contribution is 0.228. The molecule has 2 aliphatic rings. The molecule has 35 heavy (non-hydrogen) atoms. The summed E-state index contributed by atoms with van der Waals surface area (Å²) in [6.07, 6.45) is 0.614. The van der Waals surface area contributed by atoms with Gasteiger partial charge in [0.2, 0.25) is 0 Å². The smallest absolute Gasteiger partial charge is 0.150 e. The van der Waals surface area contributed by atoms with Crippen molar-refractivity contribution >= 4 is 22.7 Å². The Kier molecular flexibility index (Phi) is 6.98. The number of rotatable bonds is 7. The number of phenolic OH excluding ortho intramolecular Hbond substituents is 1. The quantitative estimate of drug-likeness (QED) is 0.394. The molecule has 6 heteroatoms. The second-order valence-electron chi connectivity index (χ2n) is 9.25. The monoisotopic (exact) mass is 493 g/mol. The molecule has 2 atom stereocenters. The molecule has 1 unspecified atom stereocenters. The van der Waals surface area contributed by atoms with Gasteiger partial charge in [-0.05, 0) is 79.1 Å². The van der Waals surface area contributed by atoms with Crippen LogP contribution in [-0.2, 0) is 0 Å². The molecule has 1 saturated heterocycles. The zero-order valence-electron chi connectivity index (χ0n) is 19.7. The van der Waals surface area contributed by atoms with Crippen molar-refractivity contribution in [3.8, 4) is 17.2 Å². The number of fused-ring (bicyclic) bond motifs is 1. The summed E-state index contributed by atoms with van der Waals surface area (Å²) >= 11 is 6.14. The molecule has 0 radical (unpaired) electrons. The van der Waals surface area contributed by atoms with Gasteiger partial charge < -0.3 is 14.6 Å². The number of hydrogen-bond acceptors (Lipinski definition) is 4. The Balaban J connectivity index is 1.36. The first kappa shape index (κ1) is 23.7. The van der Waals surface area contributed by atoms with E-state index in [0.29, 0.717) is 11.6 Å². The van der Waals surface area contributed by atoms with Crippen LogP contribution in [0.25, 0.3) is 11.1 Å². The highest BCUT2D eigenvalue weighted by atomic mass is 35.5. The van der Waals surface area contributed by atoms with Crippen LogP contribution >= 0.6 is 11.6 Å². The Morgan fingerprint density at radius 3 is 2.57 bits per heavy atom. The first-order valence-corrected chi connectivity index (χ1v) is 12.4. The highest BCUT2D eigenvalue weighted by molar-refractivity contribution is 6.30. The van der Waals surface area contributed by atoms with Gasteiger partial charge in [0.15, 0.2) is 0 Å². The number of halogens is 2. The fourth-order valence-corrected chi connectivity index (χ4v) is 5.07. The van der Waals surface area contributed by atoms with Crippen molar-refractivity contribution in [1.29, 1.82) is 0 Å². The fraction of sp³-hybridized carbons (Fsp3) is 0.310. The summed E-state index contributed by atoms with van der Waals surface area (Å²) in [5, 5.41) is 10.7. The zero-order chi connectivity index (χ0) is 24.4. The average molecular weight is 494 g/mol. The third-order valence-electron chi connectivity index (χ3n) is 6.88. The molecule has 3 aromatic carbocycles. The van der Waals surface area contributed by atoms with Gasteiger partial charge in [0.25, 0.3) is 0 Å². The molecule has 2 heterocycles. The molecular weight excluding hydrogens is 465 g/mol. The van der Waals surface area contributed by atoms with Crippen molar-refractivity contribution in [1.82, 2.24) is 4.90 Å². The summed E-state index contributed by atoms with van der Waals surface area (Å²) in [5.41, 5.74) is 4.98. The van der Waals surface area contributed by atoms with Crippen LogP contribution in [0.2, 0.25) is 5.02 Å². The molecule has 0 amide bonds. The Hall–Kier alpha value is -3.02. The zero-order valence-corrected chi connectivity index (χ0v) is 20.5. The summed E-state index contributed by atoms with van der Waals surface area (Å²) in [6.45, 7) is 4.95. The normalized spacial score (nSPS) is 20.0. The van der Waals surface area contributed by atoms with Crippen LogP contribution in [0, 0.1) is 5.92 Å². The van der Waals surface area contributed by atoms with Gasteiger partial charge in [-0.2, -0.15) is 0 Å². The lowest BCUT2D eigenvalue weighted by Gasteiger charge is -2.31. The minimum Gasteiger partial charge on any atom is -0.508 e. The van der Waals surface area contributed by atoms with E-state index in [2.05, 4.69) is 11.8 Å². The maximum atomic E-state index is 12.8. The van der Waals surface area contributed by atoms with Crippen LogP contribution in [0.15, 0.2) is 66.7 Å². The van der Waals surface area contributed by atoms with Gasteiger partial charge in [0.1, 0.15) is 30.0 Å². The maximum absolute atomic E-state index is 12.8. The lowest BCUT2D eigenvalue weighted by Crippen LogP contribution is -2.26. The standard InChI is InChI=1S/C29H29ClFNO3/c1-19-26-16-24(33)8-11-27(26)35-29(28(19)21-2-6-23(30)7-3-21)22-4-9-25(10-5-22)34-15-14-32-13-12-20(17-31)18-32/h2-11,16,20,29,33H,12-15,17-18H2,1H3/t20-,29?/m0/s1. The van der Waals surface area contributed by atoms with E-state index < -0.39 is 0 Å². The molecule has 1 fully saturated rings. The molecule has 2 aliphatic heterocycles. The molecule has 182 valence electrons. The number of benzene rings is 3. The summed E-state index contributed by atoms with van der Waals surface area (Å²) in [6, 6.07) is 20.9. The van der Waals surface area contributed by atoms with E-state index in [-0.39, 0.29) is 24.4 Å². The molecule has 5 rings (SSSR count). The topological polar surface area (TPSA) is 41.9 Å². The molecule has 0 spiro atoms. The van der Waals surface area contributed by atoms with Gasteiger partial charge in [0.05, 0.1) is 6.67 Å². The molecule has 0 bridgehead atoms. The van der Waals surface area contributed by atoms with Gasteiger partial charge in [-0.1, -0.05) is 35.9 Å². The Labute approximate surface area is 210 Å². The van der Waals surface area contributed by atoms with Crippen molar-refractivity contribution in [3.05, 3.63) is 88.4 Å². The lowest BCUT2D eigenvalue weighted by atomic mass is 9.86. The number of alkyl halides is 1. The van der Waals surface area contributed by atoms with Gasteiger partial charge in [-0.15, -0.1) is 0 Å². The summed E-state index contributed by atoms with van der Waals surface area (Å²) in [7, 11) is 0. The van der Waals surface area contributed by atoms with E-state index in [1.165, 1.54) is 0 Å². The van der Waals surface area contributed by atoms with E-state index in [4.69, 9.17) is 21.1 Å². The average Bonchev–Trinajstić information content (AvgIpc) is 3.34. The van der Waals surface area contributed by atoms with Crippen LogP contribution in [0.5, 0.6) is 17.2 Å². The number of aromatic hydroxyl groups is 1. The Morgan fingerprint density at radius 2 is 1.86 bits per heavy atom. The second kappa shape index (κ2) is 10.3. The fourth-order valence-electron chi connectivity index (χ4n) is 4.95. The second-order valence-corrected chi connectivity index (χ2v) is 9.69. The molecule has 4 nitrogen and oxygen atoms in total. The Morgan fingerprint density at radius 1 is 1.09 bits per heavy atom. The van der Waals surface area contributed by atoms with Crippen molar-refractivity contribution in [2.24, 2.45) is 5.92 Å². The third kappa shape index (κ3) is 5.16. The SMILES string of the molecule is CC1=C(c2ccc(Cl)cc2)C(c2ccc(OCCN3CC[C@@H](CF)C3)cc2)Oc2ccc(O)cc21. The third-order valence-corrected chi connectivity index (χ3v) is 7.13. The van der Waals surface area contributed by atoms with Crippen LogP contribution in [0.1, 0.15) is 36.1 Å².